The van der Waals surface area contributed by atoms with E-state index in [1.165, 1.54) is 29.1 Å². The van der Waals surface area contributed by atoms with Crippen LogP contribution in [0, 0.1) is 5.82 Å². The van der Waals surface area contributed by atoms with Crippen molar-refractivity contribution in [3.63, 3.8) is 0 Å². The molecule has 0 unspecified atom stereocenters. The fourth-order valence-electron chi connectivity index (χ4n) is 2.55. The molecule has 0 radical (unpaired) electrons. The summed E-state index contributed by atoms with van der Waals surface area (Å²) in [6.45, 7) is 0.400. The van der Waals surface area contributed by atoms with E-state index in [1.54, 1.807) is 12.1 Å². The molecule has 23 heavy (non-hydrogen) atoms. The van der Waals surface area contributed by atoms with Crippen LogP contribution in [-0.4, -0.2) is 16.3 Å². The van der Waals surface area contributed by atoms with Crippen LogP contribution < -0.4 is 15.0 Å². The Kier molecular flexibility index (Phi) is 3.20. The van der Waals surface area contributed by atoms with Crippen molar-refractivity contribution < 1.29 is 13.9 Å². The number of halogens is 2. The van der Waals surface area contributed by atoms with Gasteiger partial charge in [0.2, 0.25) is 6.79 Å². The number of fused-ring (bicyclic) bond motifs is 2. The Hall–Kier alpha value is -2.60. The molecule has 116 valence electrons. The number of ether oxygens (including phenoxy) is 2. The van der Waals surface area contributed by atoms with Crippen molar-refractivity contribution in [1.29, 1.82) is 0 Å². The molecule has 7 heteroatoms. The summed E-state index contributed by atoms with van der Waals surface area (Å²) in [5.74, 6) is 0.635. The number of hydrogen-bond acceptors (Lipinski definition) is 4. The number of benzene rings is 2. The van der Waals surface area contributed by atoms with Crippen LogP contribution in [0.5, 0.6) is 11.5 Å². The van der Waals surface area contributed by atoms with E-state index >= 15 is 0 Å². The maximum atomic E-state index is 13.2. The summed E-state index contributed by atoms with van der Waals surface area (Å²) < 4.78 is 25.2. The third-order valence-electron chi connectivity index (χ3n) is 3.63. The van der Waals surface area contributed by atoms with Crippen LogP contribution in [0.1, 0.15) is 5.56 Å². The first kappa shape index (κ1) is 14.0. The Bertz CT molecular complexity index is 987. The van der Waals surface area contributed by atoms with Gasteiger partial charge in [-0.05, 0) is 29.8 Å². The molecule has 0 bridgehead atoms. The van der Waals surface area contributed by atoms with E-state index in [-0.39, 0.29) is 18.9 Å². The van der Waals surface area contributed by atoms with E-state index in [0.717, 1.165) is 5.56 Å². The van der Waals surface area contributed by atoms with Crippen LogP contribution in [0.4, 0.5) is 4.39 Å². The molecule has 4 rings (SSSR count). The van der Waals surface area contributed by atoms with Crippen LogP contribution in [0.3, 0.4) is 0 Å². The van der Waals surface area contributed by atoms with Gasteiger partial charge in [-0.25, -0.2) is 9.37 Å². The molecule has 0 saturated heterocycles. The predicted octanol–water partition coefficient (Wildman–Crippen LogP) is 2.97. The molecular formula is C16H10ClFN2O3. The monoisotopic (exact) mass is 332 g/mol. The minimum Gasteiger partial charge on any atom is -0.454 e. The molecule has 0 fully saturated rings. The Labute approximate surface area is 134 Å². The lowest BCUT2D eigenvalue weighted by Gasteiger charge is -2.08. The van der Waals surface area contributed by atoms with Crippen molar-refractivity contribution in [2.75, 3.05) is 6.79 Å². The maximum Gasteiger partial charge on any atom is 0.261 e. The van der Waals surface area contributed by atoms with E-state index in [4.69, 9.17) is 21.1 Å². The van der Waals surface area contributed by atoms with Gasteiger partial charge in [-0.2, -0.15) is 0 Å². The molecule has 5 nitrogen and oxygen atoms in total. The van der Waals surface area contributed by atoms with Crippen molar-refractivity contribution in [3.05, 3.63) is 63.4 Å². The lowest BCUT2D eigenvalue weighted by atomic mass is 10.2. The molecule has 0 amide bonds. The molecule has 0 saturated carbocycles. The van der Waals surface area contributed by atoms with Gasteiger partial charge in [0, 0.05) is 6.07 Å². The van der Waals surface area contributed by atoms with Crippen molar-refractivity contribution in [2.24, 2.45) is 0 Å². The van der Waals surface area contributed by atoms with Gasteiger partial charge >= 0.3 is 0 Å². The molecular weight excluding hydrogens is 323 g/mol. The second-order valence-electron chi connectivity index (χ2n) is 5.15. The van der Waals surface area contributed by atoms with E-state index in [9.17, 15) is 9.18 Å². The highest BCUT2D eigenvalue weighted by atomic mass is 35.5. The van der Waals surface area contributed by atoms with E-state index in [0.29, 0.717) is 27.4 Å². The van der Waals surface area contributed by atoms with Crippen molar-refractivity contribution >= 4 is 22.5 Å². The summed E-state index contributed by atoms with van der Waals surface area (Å²) in [6.07, 6.45) is 1.39. The molecule has 0 atom stereocenters. The summed E-state index contributed by atoms with van der Waals surface area (Å²) >= 11 is 6.14. The Balaban J connectivity index is 1.76. The van der Waals surface area contributed by atoms with Gasteiger partial charge in [0.15, 0.2) is 11.5 Å². The molecule has 0 aliphatic carbocycles. The van der Waals surface area contributed by atoms with Crippen LogP contribution in [0.15, 0.2) is 41.5 Å². The minimum atomic E-state index is -0.426. The minimum absolute atomic E-state index is 0.127. The Morgan fingerprint density at radius 2 is 2.13 bits per heavy atom. The first-order valence-corrected chi connectivity index (χ1v) is 7.22. The van der Waals surface area contributed by atoms with Crippen LogP contribution in [0.25, 0.3) is 10.9 Å². The zero-order chi connectivity index (χ0) is 16.0. The van der Waals surface area contributed by atoms with Crippen molar-refractivity contribution in [1.82, 2.24) is 9.55 Å². The molecule has 3 aromatic rings. The summed E-state index contributed by atoms with van der Waals surface area (Å²) in [7, 11) is 0. The highest BCUT2D eigenvalue weighted by Crippen LogP contribution is 2.39. The SMILES string of the molecule is O=c1c2ccc(F)cc2ncn1Cc1cc(Cl)c2c(c1)OCO2. The average Bonchev–Trinajstić information content (AvgIpc) is 2.99. The van der Waals surface area contributed by atoms with Gasteiger partial charge in [0.25, 0.3) is 5.56 Å². The molecule has 1 aliphatic heterocycles. The summed E-state index contributed by atoms with van der Waals surface area (Å²) in [6, 6.07) is 7.40. The Morgan fingerprint density at radius 1 is 1.26 bits per heavy atom. The highest BCUT2D eigenvalue weighted by Gasteiger charge is 2.18. The number of hydrogen-bond donors (Lipinski definition) is 0. The van der Waals surface area contributed by atoms with E-state index in [2.05, 4.69) is 4.98 Å². The number of rotatable bonds is 2. The highest BCUT2D eigenvalue weighted by molar-refractivity contribution is 6.32. The summed E-state index contributed by atoms with van der Waals surface area (Å²) in [4.78, 5) is 16.6. The van der Waals surface area contributed by atoms with Gasteiger partial charge < -0.3 is 9.47 Å². The second-order valence-corrected chi connectivity index (χ2v) is 5.56. The number of aromatic nitrogens is 2. The first-order chi connectivity index (χ1) is 11.1. The first-order valence-electron chi connectivity index (χ1n) is 6.84. The van der Waals surface area contributed by atoms with Gasteiger partial charge in [-0.3, -0.25) is 9.36 Å². The normalized spacial score (nSPS) is 12.8. The van der Waals surface area contributed by atoms with E-state index in [1.807, 2.05) is 0 Å². The third kappa shape index (κ3) is 2.41. The predicted molar refractivity (Wildman–Crippen MR) is 82.6 cm³/mol. The molecule has 1 aliphatic rings. The zero-order valence-electron chi connectivity index (χ0n) is 11.8. The van der Waals surface area contributed by atoms with Crippen molar-refractivity contribution in [3.8, 4) is 11.5 Å². The lowest BCUT2D eigenvalue weighted by Crippen LogP contribution is -2.21. The van der Waals surface area contributed by atoms with Crippen molar-refractivity contribution in [2.45, 2.75) is 6.54 Å². The summed E-state index contributed by atoms with van der Waals surface area (Å²) in [5.41, 5.74) is 0.864. The smallest absolute Gasteiger partial charge is 0.261 e. The largest absolute Gasteiger partial charge is 0.454 e. The quantitative estimate of drug-likeness (QED) is 0.724. The van der Waals surface area contributed by atoms with Gasteiger partial charge in [-0.15, -0.1) is 0 Å². The zero-order valence-corrected chi connectivity index (χ0v) is 12.5. The van der Waals surface area contributed by atoms with Crippen LogP contribution in [0.2, 0.25) is 5.02 Å². The average molecular weight is 333 g/mol. The molecule has 2 heterocycles. The third-order valence-corrected chi connectivity index (χ3v) is 3.91. The molecule has 0 spiro atoms. The van der Waals surface area contributed by atoms with Crippen LogP contribution >= 0.6 is 11.6 Å². The molecule has 1 aromatic heterocycles. The standard InChI is InChI=1S/C16H10ClFN2O3/c17-12-3-9(4-14-15(12)23-8-22-14)6-20-7-19-13-5-10(18)1-2-11(13)16(20)21/h1-5,7H,6,8H2. The lowest BCUT2D eigenvalue weighted by molar-refractivity contribution is 0.174. The molecule has 0 N–H and O–H groups in total. The van der Waals surface area contributed by atoms with Gasteiger partial charge in [0.1, 0.15) is 5.82 Å². The number of nitrogens with zero attached hydrogens (tertiary/aromatic N) is 2. The fourth-order valence-corrected chi connectivity index (χ4v) is 2.84. The van der Waals surface area contributed by atoms with E-state index < -0.39 is 5.82 Å². The Morgan fingerprint density at radius 3 is 3.00 bits per heavy atom. The topological polar surface area (TPSA) is 53.4 Å². The maximum absolute atomic E-state index is 13.2. The van der Waals surface area contributed by atoms with Crippen LogP contribution in [-0.2, 0) is 6.54 Å². The molecule has 2 aromatic carbocycles. The fraction of sp³-hybridized carbons (Fsp3) is 0.125. The summed E-state index contributed by atoms with van der Waals surface area (Å²) in [5, 5.41) is 0.791. The van der Waals surface area contributed by atoms with Gasteiger partial charge in [-0.1, -0.05) is 11.6 Å². The van der Waals surface area contributed by atoms with Gasteiger partial charge in [0.05, 0.1) is 28.8 Å². The second kappa shape index (κ2) is 5.24.